The Kier molecular flexibility index (Phi) is 5.97. The number of piperidine rings is 1. The van der Waals surface area contributed by atoms with Crippen LogP contribution in [0.15, 0.2) is 47.6 Å². The van der Waals surface area contributed by atoms with Crippen molar-refractivity contribution in [3.05, 3.63) is 48.2 Å². The molecule has 2 aromatic rings. The second-order valence-electron chi connectivity index (χ2n) is 6.57. The van der Waals surface area contributed by atoms with Crippen LogP contribution in [0.1, 0.15) is 43.5 Å². The molecular formula is C20H25N3OS. The lowest BCUT2D eigenvalue weighted by Crippen LogP contribution is -2.29. The van der Waals surface area contributed by atoms with Crippen molar-refractivity contribution < 1.29 is 4.79 Å². The summed E-state index contributed by atoms with van der Waals surface area (Å²) in [6.45, 7) is 6.44. The number of hydrogen-bond acceptors (Lipinski definition) is 4. The summed E-state index contributed by atoms with van der Waals surface area (Å²) in [5, 5.41) is 4.15. The van der Waals surface area contributed by atoms with Crippen molar-refractivity contribution >= 4 is 29.0 Å². The van der Waals surface area contributed by atoms with Gasteiger partial charge in [0.25, 0.3) is 5.91 Å². The number of thioether (sulfide) groups is 1. The summed E-state index contributed by atoms with van der Waals surface area (Å²) in [6.07, 6.45) is 5.58. The molecule has 1 aliphatic heterocycles. The number of aromatic nitrogens is 1. The van der Waals surface area contributed by atoms with Crippen LogP contribution in [-0.2, 0) is 0 Å². The number of hydrogen-bond donors (Lipinski definition) is 1. The summed E-state index contributed by atoms with van der Waals surface area (Å²) >= 11 is 1.61. The Balaban J connectivity index is 1.69. The van der Waals surface area contributed by atoms with Crippen LogP contribution in [-0.4, -0.2) is 29.2 Å². The van der Waals surface area contributed by atoms with Crippen molar-refractivity contribution in [3.63, 3.8) is 0 Å². The van der Waals surface area contributed by atoms with E-state index >= 15 is 0 Å². The van der Waals surface area contributed by atoms with E-state index in [9.17, 15) is 4.79 Å². The lowest BCUT2D eigenvalue weighted by molar-refractivity contribution is 0.102. The van der Waals surface area contributed by atoms with Gasteiger partial charge in [-0.3, -0.25) is 4.79 Å². The van der Waals surface area contributed by atoms with Crippen LogP contribution in [0, 0.1) is 0 Å². The molecule has 0 spiro atoms. The summed E-state index contributed by atoms with van der Waals surface area (Å²) in [7, 11) is 0. The van der Waals surface area contributed by atoms with Crippen LogP contribution in [0.3, 0.4) is 0 Å². The lowest BCUT2D eigenvalue weighted by Gasteiger charge is -2.28. The van der Waals surface area contributed by atoms with Crippen LogP contribution in [0.4, 0.5) is 11.4 Å². The number of nitrogens with zero attached hydrogens (tertiary/aromatic N) is 2. The summed E-state index contributed by atoms with van der Waals surface area (Å²) in [5.41, 5.74) is 2.67. The smallest absolute Gasteiger partial charge is 0.258 e. The maximum absolute atomic E-state index is 12.6. The maximum Gasteiger partial charge on any atom is 0.258 e. The Morgan fingerprint density at radius 1 is 1.12 bits per heavy atom. The molecule has 5 heteroatoms. The molecule has 3 rings (SSSR count). The fraction of sp³-hybridized carbons (Fsp3) is 0.400. The van der Waals surface area contributed by atoms with Gasteiger partial charge in [0, 0.05) is 35.9 Å². The molecule has 4 nitrogen and oxygen atoms in total. The van der Waals surface area contributed by atoms with Crippen molar-refractivity contribution in [3.8, 4) is 0 Å². The molecule has 132 valence electrons. The van der Waals surface area contributed by atoms with Gasteiger partial charge in [0.2, 0.25) is 0 Å². The molecule has 1 aromatic heterocycles. The highest BCUT2D eigenvalue weighted by atomic mass is 32.2. The van der Waals surface area contributed by atoms with E-state index in [4.69, 9.17) is 0 Å². The van der Waals surface area contributed by atoms with Crippen LogP contribution in [0.5, 0.6) is 0 Å². The van der Waals surface area contributed by atoms with Gasteiger partial charge in [0.05, 0.1) is 5.56 Å². The van der Waals surface area contributed by atoms with Gasteiger partial charge in [-0.2, -0.15) is 0 Å². The Morgan fingerprint density at radius 2 is 1.84 bits per heavy atom. The third-order valence-electron chi connectivity index (χ3n) is 4.21. The van der Waals surface area contributed by atoms with Gasteiger partial charge in [-0.25, -0.2) is 4.98 Å². The molecule has 1 saturated heterocycles. The second kappa shape index (κ2) is 8.39. The second-order valence-corrected chi connectivity index (χ2v) is 8.14. The number of carbonyl (C=O) groups excluding carboxylic acids is 1. The third-order valence-corrected chi connectivity index (χ3v) is 5.23. The van der Waals surface area contributed by atoms with Crippen molar-refractivity contribution in [2.24, 2.45) is 0 Å². The topological polar surface area (TPSA) is 45.2 Å². The normalized spacial score (nSPS) is 14.6. The van der Waals surface area contributed by atoms with Gasteiger partial charge < -0.3 is 10.2 Å². The molecule has 1 N–H and O–H groups in total. The predicted molar refractivity (Wildman–Crippen MR) is 106 cm³/mol. The first-order chi connectivity index (χ1) is 12.1. The summed E-state index contributed by atoms with van der Waals surface area (Å²) < 4.78 is 0. The average molecular weight is 356 g/mol. The molecular weight excluding hydrogens is 330 g/mol. The largest absolute Gasteiger partial charge is 0.372 e. The average Bonchev–Trinajstić information content (AvgIpc) is 2.63. The minimum absolute atomic E-state index is 0.109. The first-order valence-corrected chi connectivity index (χ1v) is 9.79. The van der Waals surface area contributed by atoms with Gasteiger partial charge in [-0.05, 0) is 55.7 Å². The van der Waals surface area contributed by atoms with Crippen molar-refractivity contribution in [2.45, 2.75) is 43.4 Å². The standard InChI is InChI=1S/C20H25N3OS/c1-15(2)25-20-18(7-6-12-21-20)19(24)22-16-8-10-17(11-9-16)23-13-4-3-5-14-23/h6-12,15H,3-5,13-14H2,1-2H3,(H,22,24). The first kappa shape index (κ1) is 17.8. The van der Waals surface area contributed by atoms with E-state index in [-0.39, 0.29) is 5.91 Å². The molecule has 1 amide bonds. The Hall–Kier alpha value is -2.01. The Labute approximate surface area is 154 Å². The van der Waals surface area contributed by atoms with E-state index in [1.54, 1.807) is 24.0 Å². The molecule has 1 fully saturated rings. The SMILES string of the molecule is CC(C)Sc1ncccc1C(=O)Nc1ccc(N2CCCCC2)cc1. The molecule has 0 bridgehead atoms. The van der Waals surface area contributed by atoms with E-state index in [1.807, 2.05) is 18.2 Å². The third kappa shape index (κ3) is 4.75. The first-order valence-electron chi connectivity index (χ1n) is 8.91. The molecule has 0 atom stereocenters. The van der Waals surface area contributed by atoms with Gasteiger partial charge >= 0.3 is 0 Å². The van der Waals surface area contributed by atoms with Crippen LogP contribution in [0.2, 0.25) is 0 Å². The minimum atomic E-state index is -0.109. The lowest BCUT2D eigenvalue weighted by atomic mass is 10.1. The molecule has 0 aliphatic carbocycles. The molecule has 0 saturated carbocycles. The predicted octanol–water partition coefficient (Wildman–Crippen LogP) is 4.82. The van der Waals surface area contributed by atoms with Crippen LogP contribution < -0.4 is 10.2 Å². The Bertz CT molecular complexity index is 709. The van der Waals surface area contributed by atoms with Crippen LogP contribution in [0.25, 0.3) is 0 Å². The molecule has 1 aromatic carbocycles. The number of anilines is 2. The van der Waals surface area contributed by atoms with E-state index in [0.29, 0.717) is 10.8 Å². The number of pyridine rings is 1. The summed E-state index contributed by atoms with van der Waals surface area (Å²) in [6, 6.07) is 11.8. The zero-order valence-electron chi connectivity index (χ0n) is 14.9. The number of nitrogens with one attached hydrogen (secondary N) is 1. The molecule has 2 heterocycles. The monoisotopic (exact) mass is 355 g/mol. The summed E-state index contributed by atoms with van der Waals surface area (Å²) in [5.74, 6) is -0.109. The Morgan fingerprint density at radius 3 is 2.52 bits per heavy atom. The molecule has 1 aliphatic rings. The van der Waals surface area contributed by atoms with Gasteiger partial charge in [0.15, 0.2) is 0 Å². The van der Waals surface area contributed by atoms with Crippen molar-refractivity contribution in [2.75, 3.05) is 23.3 Å². The van der Waals surface area contributed by atoms with E-state index in [1.165, 1.54) is 24.9 Å². The van der Waals surface area contributed by atoms with Gasteiger partial charge in [0.1, 0.15) is 5.03 Å². The number of rotatable bonds is 5. The number of carbonyl (C=O) groups is 1. The highest BCUT2D eigenvalue weighted by Gasteiger charge is 2.15. The van der Waals surface area contributed by atoms with Crippen molar-refractivity contribution in [1.29, 1.82) is 0 Å². The number of amides is 1. The molecule has 25 heavy (non-hydrogen) atoms. The highest BCUT2D eigenvalue weighted by molar-refractivity contribution is 7.99. The fourth-order valence-corrected chi connectivity index (χ4v) is 3.84. The van der Waals surface area contributed by atoms with Gasteiger partial charge in [-0.15, -0.1) is 11.8 Å². The quantitative estimate of drug-likeness (QED) is 0.781. The zero-order valence-corrected chi connectivity index (χ0v) is 15.7. The molecule has 0 radical (unpaired) electrons. The molecule has 0 unspecified atom stereocenters. The highest BCUT2D eigenvalue weighted by Crippen LogP contribution is 2.26. The maximum atomic E-state index is 12.6. The van der Waals surface area contributed by atoms with E-state index in [0.717, 1.165) is 23.8 Å². The minimum Gasteiger partial charge on any atom is -0.372 e. The zero-order chi connectivity index (χ0) is 17.6. The summed E-state index contributed by atoms with van der Waals surface area (Å²) in [4.78, 5) is 19.4. The van der Waals surface area contributed by atoms with Crippen molar-refractivity contribution in [1.82, 2.24) is 4.98 Å². The number of benzene rings is 1. The van der Waals surface area contributed by atoms with Crippen LogP contribution >= 0.6 is 11.8 Å². The van der Waals surface area contributed by atoms with E-state index < -0.39 is 0 Å². The fourth-order valence-electron chi connectivity index (χ4n) is 2.99. The van der Waals surface area contributed by atoms with Gasteiger partial charge in [-0.1, -0.05) is 13.8 Å². The van der Waals surface area contributed by atoms with E-state index in [2.05, 4.69) is 41.2 Å².